The molecule has 0 saturated carbocycles. The van der Waals surface area contributed by atoms with Crippen LogP contribution in [0.2, 0.25) is 0 Å². The second-order valence-corrected chi connectivity index (χ2v) is 4.33. The zero-order valence-corrected chi connectivity index (χ0v) is 9.22. The molecule has 2 atom stereocenters. The summed E-state index contributed by atoms with van der Waals surface area (Å²) < 4.78 is 7.26. The van der Waals surface area contributed by atoms with Crippen LogP contribution >= 0.6 is 0 Å². The van der Waals surface area contributed by atoms with E-state index in [0.717, 1.165) is 31.7 Å². The van der Waals surface area contributed by atoms with E-state index in [-0.39, 0.29) is 6.04 Å². The monoisotopic (exact) mass is 209 g/mol. The SMILES string of the molecule is Cn1ccc(CC(N)C2CCCOC2)n1. The highest BCUT2D eigenvalue weighted by molar-refractivity contribution is 5.01. The van der Waals surface area contributed by atoms with Gasteiger partial charge in [-0.3, -0.25) is 4.68 Å². The third-order valence-electron chi connectivity index (χ3n) is 3.01. The fourth-order valence-electron chi connectivity index (χ4n) is 2.08. The highest BCUT2D eigenvalue weighted by Crippen LogP contribution is 2.18. The molecule has 0 aliphatic carbocycles. The fraction of sp³-hybridized carbons (Fsp3) is 0.727. The molecule has 1 aromatic heterocycles. The Bertz CT molecular complexity index is 305. The first-order valence-electron chi connectivity index (χ1n) is 5.57. The van der Waals surface area contributed by atoms with Crippen LogP contribution in [0.5, 0.6) is 0 Å². The summed E-state index contributed by atoms with van der Waals surface area (Å²) in [5.41, 5.74) is 7.24. The van der Waals surface area contributed by atoms with Gasteiger partial charge in [-0.15, -0.1) is 0 Å². The number of hydrogen-bond acceptors (Lipinski definition) is 3. The number of nitrogens with two attached hydrogens (primary N) is 1. The number of aromatic nitrogens is 2. The minimum Gasteiger partial charge on any atom is -0.381 e. The first kappa shape index (κ1) is 10.6. The lowest BCUT2D eigenvalue weighted by atomic mass is 9.91. The van der Waals surface area contributed by atoms with Gasteiger partial charge in [-0.2, -0.15) is 5.10 Å². The molecule has 2 rings (SSSR count). The van der Waals surface area contributed by atoms with E-state index in [2.05, 4.69) is 5.10 Å². The maximum Gasteiger partial charge on any atom is 0.0640 e. The van der Waals surface area contributed by atoms with Crippen LogP contribution in [0.1, 0.15) is 18.5 Å². The first-order chi connectivity index (χ1) is 7.25. The van der Waals surface area contributed by atoms with Crippen LogP contribution in [0.25, 0.3) is 0 Å². The van der Waals surface area contributed by atoms with E-state index < -0.39 is 0 Å². The van der Waals surface area contributed by atoms with Gasteiger partial charge in [0.05, 0.1) is 12.3 Å². The van der Waals surface area contributed by atoms with Crippen molar-refractivity contribution in [2.24, 2.45) is 18.7 Å². The van der Waals surface area contributed by atoms with Crippen LogP contribution in [0.3, 0.4) is 0 Å². The largest absolute Gasteiger partial charge is 0.381 e. The smallest absolute Gasteiger partial charge is 0.0640 e. The van der Waals surface area contributed by atoms with Crippen LogP contribution in [-0.4, -0.2) is 29.0 Å². The van der Waals surface area contributed by atoms with Gasteiger partial charge in [0.15, 0.2) is 0 Å². The van der Waals surface area contributed by atoms with Crippen molar-refractivity contribution in [2.75, 3.05) is 13.2 Å². The highest BCUT2D eigenvalue weighted by Gasteiger charge is 2.21. The molecule has 1 fully saturated rings. The Balaban J connectivity index is 1.88. The van der Waals surface area contributed by atoms with Crippen LogP contribution in [0.4, 0.5) is 0 Å². The molecule has 2 heterocycles. The highest BCUT2D eigenvalue weighted by atomic mass is 16.5. The normalized spacial score (nSPS) is 24.0. The Labute approximate surface area is 90.4 Å². The molecule has 84 valence electrons. The lowest BCUT2D eigenvalue weighted by Crippen LogP contribution is -2.37. The summed E-state index contributed by atoms with van der Waals surface area (Å²) in [6.45, 7) is 1.71. The van der Waals surface area contributed by atoms with Gasteiger partial charge in [-0.1, -0.05) is 0 Å². The minimum absolute atomic E-state index is 0.181. The summed E-state index contributed by atoms with van der Waals surface area (Å²) in [5.74, 6) is 0.501. The Hall–Kier alpha value is -0.870. The fourth-order valence-corrected chi connectivity index (χ4v) is 2.08. The number of ether oxygens (including phenoxy) is 1. The molecule has 4 heteroatoms. The topological polar surface area (TPSA) is 53.1 Å². The lowest BCUT2D eigenvalue weighted by Gasteiger charge is -2.27. The third kappa shape index (κ3) is 2.79. The average Bonchev–Trinajstić information content (AvgIpc) is 2.65. The summed E-state index contributed by atoms with van der Waals surface area (Å²) in [6.07, 6.45) is 5.14. The van der Waals surface area contributed by atoms with Gasteiger partial charge in [0.2, 0.25) is 0 Å². The van der Waals surface area contributed by atoms with Crippen molar-refractivity contribution in [1.82, 2.24) is 9.78 Å². The molecule has 2 N–H and O–H groups in total. The summed E-state index contributed by atoms with van der Waals surface area (Å²) in [5, 5.41) is 4.34. The third-order valence-corrected chi connectivity index (χ3v) is 3.01. The predicted octanol–water partition coefficient (Wildman–Crippen LogP) is 0.716. The summed E-state index contributed by atoms with van der Waals surface area (Å²) in [4.78, 5) is 0. The van der Waals surface area contributed by atoms with Gasteiger partial charge in [-0.05, 0) is 24.8 Å². The van der Waals surface area contributed by atoms with Crippen molar-refractivity contribution in [3.8, 4) is 0 Å². The van der Waals surface area contributed by atoms with Crippen molar-refractivity contribution >= 4 is 0 Å². The maximum absolute atomic E-state index is 6.16. The van der Waals surface area contributed by atoms with E-state index in [4.69, 9.17) is 10.5 Å². The molecule has 0 spiro atoms. The van der Waals surface area contributed by atoms with Crippen molar-refractivity contribution < 1.29 is 4.74 Å². The van der Waals surface area contributed by atoms with E-state index in [1.165, 1.54) is 6.42 Å². The Morgan fingerprint density at radius 1 is 1.73 bits per heavy atom. The molecule has 15 heavy (non-hydrogen) atoms. The zero-order chi connectivity index (χ0) is 10.7. The molecule has 0 radical (unpaired) electrons. The molecule has 0 aromatic carbocycles. The van der Waals surface area contributed by atoms with Gasteiger partial charge in [0.25, 0.3) is 0 Å². The average molecular weight is 209 g/mol. The summed E-state index contributed by atoms with van der Waals surface area (Å²) in [6, 6.07) is 2.21. The van der Waals surface area contributed by atoms with E-state index in [1.54, 1.807) is 0 Å². The van der Waals surface area contributed by atoms with Crippen molar-refractivity contribution in [3.05, 3.63) is 18.0 Å². The molecule has 4 nitrogen and oxygen atoms in total. The van der Waals surface area contributed by atoms with Crippen LogP contribution in [-0.2, 0) is 18.2 Å². The molecule has 1 aromatic rings. The quantitative estimate of drug-likeness (QED) is 0.798. The Morgan fingerprint density at radius 2 is 2.60 bits per heavy atom. The van der Waals surface area contributed by atoms with Gasteiger partial charge < -0.3 is 10.5 Å². The van der Waals surface area contributed by atoms with E-state index in [9.17, 15) is 0 Å². The summed E-state index contributed by atoms with van der Waals surface area (Å²) >= 11 is 0. The van der Waals surface area contributed by atoms with Crippen molar-refractivity contribution in [3.63, 3.8) is 0 Å². The molecule has 2 unspecified atom stereocenters. The number of hydrogen-bond donors (Lipinski definition) is 1. The van der Waals surface area contributed by atoms with Gasteiger partial charge in [-0.25, -0.2) is 0 Å². The van der Waals surface area contributed by atoms with Crippen molar-refractivity contribution in [2.45, 2.75) is 25.3 Å². The second-order valence-electron chi connectivity index (χ2n) is 4.33. The molecular formula is C11H19N3O. The van der Waals surface area contributed by atoms with E-state index in [0.29, 0.717) is 5.92 Å². The molecule has 1 aliphatic rings. The van der Waals surface area contributed by atoms with Crippen LogP contribution < -0.4 is 5.73 Å². The Morgan fingerprint density at radius 3 is 3.20 bits per heavy atom. The second kappa shape index (κ2) is 4.77. The number of nitrogens with zero attached hydrogens (tertiary/aromatic N) is 2. The number of rotatable bonds is 3. The molecule has 1 aliphatic heterocycles. The minimum atomic E-state index is 0.181. The Kier molecular flexibility index (Phi) is 3.38. The standard InChI is InChI=1S/C11H19N3O/c1-14-5-4-10(13-14)7-11(12)9-3-2-6-15-8-9/h4-5,9,11H,2-3,6-8,12H2,1H3. The lowest BCUT2D eigenvalue weighted by molar-refractivity contribution is 0.0449. The van der Waals surface area contributed by atoms with Gasteiger partial charge in [0, 0.05) is 32.3 Å². The van der Waals surface area contributed by atoms with E-state index >= 15 is 0 Å². The first-order valence-corrected chi connectivity index (χ1v) is 5.57. The predicted molar refractivity (Wildman–Crippen MR) is 58.4 cm³/mol. The number of aryl methyl sites for hydroxylation is 1. The molecular weight excluding hydrogens is 190 g/mol. The molecule has 0 amide bonds. The van der Waals surface area contributed by atoms with Crippen LogP contribution in [0, 0.1) is 5.92 Å². The van der Waals surface area contributed by atoms with Crippen LogP contribution in [0.15, 0.2) is 12.3 Å². The van der Waals surface area contributed by atoms with Crippen molar-refractivity contribution in [1.29, 1.82) is 0 Å². The van der Waals surface area contributed by atoms with Gasteiger partial charge in [0.1, 0.15) is 0 Å². The molecule has 1 saturated heterocycles. The summed E-state index contributed by atoms with van der Waals surface area (Å²) in [7, 11) is 1.93. The molecule has 0 bridgehead atoms. The maximum atomic E-state index is 6.16. The zero-order valence-electron chi connectivity index (χ0n) is 9.22. The van der Waals surface area contributed by atoms with Gasteiger partial charge >= 0.3 is 0 Å². The van der Waals surface area contributed by atoms with E-state index in [1.807, 2.05) is 24.0 Å².